The molecular weight excluding hydrogens is 162 g/mol. The molecule has 1 atom stereocenters. The third-order valence-electron chi connectivity index (χ3n) is 3.19. The van der Waals surface area contributed by atoms with E-state index in [9.17, 15) is 0 Å². The molecule has 0 aromatic heterocycles. The van der Waals surface area contributed by atoms with Crippen LogP contribution < -0.4 is 5.32 Å². The van der Waals surface area contributed by atoms with Crippen molar-refractivity contribution in [3.05, 3.63) is 0 Å². The van der Waals surface area contributed by atoms with Crippen LogP contribution in [-0.4, -0.2) is 62.2 Å². The fraction of sp³-hybridized carbons (Fsp3) is 1.00. The summed E-state index contributed by atoms with van der Waals surface area (Å²) in [5.74, 6) is 0. The Kier molecular flexibility index (Phi) is 2.86. The van der Waals surface area contributed by atoms with Gasteiger partial charge in [-0.1, -0.05) is 0 Å². The fourth-order valence-electron chi connectivity index (χ4n) is 2.33. The van der Waals surface area contributed by atoms with Gasteiger partial charge in [-0.25, -0.2) is 0 Å². The lowest BCUT2D eigenvalue weighted by molar-refractivity contribution is 0.0837. The lowest BCUT2D eigenvalue weighted by atomic mass is 10.1. The molecule has 1 aliphatic carbocycles. The van der Waals surface area contributed by atoms with Crippen molar-refractivity contribution in [1.82, 2.24) is 15.1 Å². The number of nitrogens with one attached hydrogen (secondary N) is 1. The zero-order chi connectivity index (χ0) is 9.26. The molecule has 1 saturated carbocycles. The number of hydrogen-bond donors (Lipinski definition) is 1. The van der Waals surface area contributed by atoms with Crippen LogP contribution >= 0.6 is 0 Å². The van der Waals surface area contributed by atoms with E-state index in [1.54, 1.807) is 0 Å². The number of likely N-dealkylation sites (N-methyl/N-ethyl adjacent to an activating group) is 2. The summed E-state index contributed by atoms with van der Waals surface area (Å²) in [7, 11) is 4.28. The zero-order valence-corrected chi connectivity index (χ0v) is 8.79. The van der Waals surface area contributed by atoms with Gasteiger partial charge in [0.05, 0.1) is 0 Å². The Balaban J connectivity index is 1.90. The standard InChI is InChI=1S/C10H21N3/c1-11-7-10-8-12(2)5-6-13(10)9-3-4-9/h9-11H,3-8H2,1-2H3. The molecule has 0 radical (unpaired) electrons. The van der Waals surface area contributed by atoms with Crippen LogP contribution in [0.15, 0.2) is 0 Å². The van der Waals surface area contributed by atoms with E-state index < -0.39 is 0 Å². The molecule has 3 heteroatoms. The van der Waals surface area contributed by atoms with Crippen molar-refractivity contribution in [2.45, 2.75) is 24.9 Å². The Labute approximate surface area is 81.1 Å². The highest BCUT2D eigenvalue weighted by atomic mass is 15.3. The van der Waals surface area contributed by atoms with Gasteiger partial charge in [0, 0.05) is 38.3 Å². The van der Waals surface area contributed by atoms with Crippen molar-refractivity contribution in [3.63, 3.8) is 0 Å². The minimum Gasteiger partial charge on any atom is -0.318 e. The minimum absolute atomic E-state index is 0.747. The van der Waals surface area contributed by atoms with Crippen LogP contribution in [0.4, 0.5) is 0 Å². The summed E-state index contributed by atoms with van der Waals surface area (Å²) in [6.45, 7) is 4.89. The SMILES string of the molecule is CNCC1CN(C)CCN1C1CC1. The molecule has 2 fully saturated rings. The first-order valence-corrected chi connectivity index (χ1v) is 5.40. The van der Waals surface area contributed by atoms with E-state index in [0.717, 1.165) is 18.6 Å². The normalized spacial score (nSPS) is 32.3. The van der Waals surface area contributed by atoms with Crippen LogP contribution in [-0.2, 0) is 0 Å². The largest absolute Gasteiger partial charge is 0.318 e. The van der Waals surface area contributed by atoms with Gasteiger partial charge in [-0.2, -0.15) is 0 Å². The van der Waals surface area contributed by atoms with Crippen molar-refractivity contribution in [1.29, 1.82) is 0 Å². The molecule has 3 nitrogen and oxygen atoms in total. The highest BCUT2D eigenvalue weighted by Gasteiger charge is 2.35. The molecule has 13 heavy (non-hydrogen) atoms. The van der Waals surface area contributed by atoms with Gasteiger partial charge in [0.2, 0.25) is 0 Å². The van der Waals surface area contributed by atoms with Crippen LogP contribution in [0.3, 0.4) is 0 Å². The molecule has 0 aromatic carbocycles. The lowest BCUT2D eigenvalue weighted by Gasteiger charge is -2.40. The maximum absolute atomic E-state index is 3.30. The first-order chi connectivity index (χ1) is 6.31. The first-order valence-electron chi connectivity index (χ1n) is 5.40. The molecule has 2 rings (SSSR count). The summed E-state index contributed by atoms with van der Waals surface area (Å²) < 4.78 is 0. The van der Waals surface area contributed by atoms with Gasteiger partial charge in [0.25, 0.3) is 0 Å². The van der Waals surface area contributed by atoms with E-state index >= 15 is 0 Å². The minimum atomic E-state index is 0.747. The summed E-state index contributed by atoms with van der Waals surface area (Å²) in [6.07, 6.45) is 2.87. The van der Waals surface area contributed by atoms with Gasteiger partial charge >= 0.3 is 0 Å². The average Bonchev–Trinajstić information content (AvgIpc) is 2.88. The fourth-order valence-corrected chi connectivity index (χ4v) is 2.33. The van der Waals surface area contributed by atoms with E-state index in [4.69, 9.17) is 0 Å². The predicted octanol–water partition coefficient (Wildman–Crippen LogP) is -0.0158. The van der Waals surface area contributed by atoms with Gasteiger partial charge < -0.3 is 10.2 Å². The Hall–Kier alpha value is -0.120. The topological polar surface area (TPSA) is 18.5 Å². The number of nitrogens with zero attached hydrogens (tertiary/aromatic N) is 2. The Bertz CT molecular complexity index is 168. The summed E-state index contributed by atoms with van der Waals surface area (Å²) in [5.41, 5.74) is 0. The van der Waals surface area contributed by atoms with Gasteiger partial charge in [-0.05, 0) is 26.9 Å². The average molecular weight is 183 g/mol. The van der Waals surface area contributed by atoms with Crippen LogP contribution in [0.1, 0.15) is 12.8 Å². The number of piperazine rings is 1. The van der Waals surface area contributed by atoms with E-state index in [2.05, 4.69) is 29.2 Å². The Morgan fingerprint density at radius 3 is 2.69 bits per heavy atom. The van der Waals surface area contributed by atoms with Gasteiger partial charge in [0.15, 0.2) is 0 Å². The molecule has 1 unspecified atom stereocenters. The van der Waals surface area contributed by atoms with E-state index in [1.165, 1.54) is 32.5 Å². The summed E-state index contributed by atoms with van der Waals surface area (Å²) in [4.78, 5) is 5.15. The zero-order valence-electron chi connectivity index (χ0n) is 8.79. The third-order valence-corrected chi connectivity index (χ3v) is 3.19. The second kappa shape index (κ2) is 3.95. The van der Waals surface area contributed by atoms with Crippen LogP contribution in [0.2, 0.25) is 0 Å². The highest BCUT2D eigenvalue weighted by Crippen LogP contribution is 2.29. The van der Waals surface area contributed by atoms with Gasteiger partial charge in [0.1, 0.15) is 0 Å². The second-order valence-corrected chi connectivity index (χ2v) is 4.44. The smallest absolute Gasteiger partial charge is 0.0351 e. The maximum atomic E-state index is 3.30. The molecule has 0 amide bonds. The quantitative estimate of drug-likeness (QED) is 0.663. The Morgan fingerprint density at radius 2 is 2.08 bits per heavy atom. The van der Waals surface area contributed by atoms with Crippen LogP contribution in [0, 0.1) is 0 Å². The third kappa shape index (κ3) is 2.22. The second-order valence-electron chi connectivity index (χ2n) is 4.44. The Morgan fingerprint density at radius 1 is 1.31 bits per heavy atom. The molecule has 76 valence electrons. The summed E-state index contributed by atoms with van der Waals surface area (Å²) >= 11 is 0. The molecule has 1 saturated heterocycles. The van der Waals surface area contributed by atoms with Crippen molar-refractivity contribution >= 4 is 0 Å². The summed E-state index contributed by atoms with van der Waals surface area (Å²) in [5, 5.41) is 3.30. The molecule has 1 N–H and O–H groups in total. The van der Waals surface area contributed by atoms with E-state index in [1.807, 2.05) is 0 Å². The van der Waals surface area contributed by atoms with Crippen LogP contribution in [0.25, 0.3) is 0 Å². The lowest BCUT2D eigenvalue weighted by Crippen LogP contribution is -2.55. The first kappa shape index (κ1) is 9.44. The maximum Gasteiger partial charge on any atom is 0.0351 e. The van der Waals surface area contributed by atoms with Crippen molar-refractivity contribution in [3.8, 4) is 0 Å². The molecule has 2 aliphatic rings. The number of rotatable bonds is 3. The van der Waals surface area contributed by atoms with Gasteiger partial charge in [-0.15, -0.1) is 0 Å². The van der Waals surface area contributed by atoms with Crippen LogP contribution in [0.5, 0.6) is 0 Å². The van der Waals surface area contributed by atoms with E-state index in [0.29, 0.717) is 0 Å². The van der Waals surface area contributed by atoms with E-state index in [-0.39, 0.29) is 0 Å². The number of hydrogen-bond acceptors (Lipinski definition) is 3. The highest BCUT2D eigenvalue weighted by molar-refractivity contribution is 4.93. The van der Waals surface area contributed by atoms with Crippen molar-refractivity contribution in [2.24, 2.45) is 0 Å². The van der Waals surface area contributed by atoms with Crippen molar-refractivity contribution < 1.29 is 0 Å². The molecule has 0 bridgehead atoms. The molecule has 0 aromatic rings. The monoisotopic (exact) mass is 183 g/mol. The molecule has 1 heterocycles. The molecule has 1 aliphatic heterocycles. The predicted molar refractivity (Wildman–Crippen MR) is 54.9 cm³/mol. The van der Waals surface area contributed by atoms with Gasteiger partial charge in [-0.3, -0.25) is 4.90 Å². The molecule has 0 spiro atoms. The summed E-state index contributed by atoms with van der Waals surface area (Å²) in [6, 6.07) is 1.67. The van der Waals surface area contributed by atoms with Crippen molar-refractivity contribution in [2.75, 3.05) is 40.3 Å². The molecular formula is C10H21N3.